The number of benzene rings is 1. The number of rotatable bonds is 3. The maximum absolute atomic E-state index is 13.7. The molecule has 6 heteroatoms. The van der Waals surface area contributed by atoms with Gasteiger partial charge in [-0.25, -0.2) is 4.39 Å². The minimum Gasteiger partial charge on any atom is -0.453 e. The molecule has 0 saturated heterocycles. The summed E-state index contributed by atoms with van der Waals surface area (Å²) in [6, 6.07) is 6.01. The first-order chi connectivity index (χ1) is 8.56. The van der Waals surface area contributed by atoms with Crippen LogP contribution in [0.15, 0.2) is 41.1 Å². The van der Waals surface area contributed by atoms with Gasteiger partial charge in [-0.3, -0.25) is 4.98 Å². The largest absolute Gasteiger partial charge is 0.453 e. The number of nitrogens with zero attached hydrogens (tertiary/aromatic N) is 1. The first kappa shape index (κ1) is 12.9. The Morgan fingerprint density at radius 1 is 1.33 bits per heavy atom. The van der Waals surface area contributed by atoms with E-state index in [-0.39, 0.29) is 10.7 Å². The van der Waals surface area contributed by atoms with Gasteiger partial charge >= 0.3 is 0 Å². The second-order valence-electron chi connectivity index (χ2n) is 3.45. The molecule has 0 aliphatic rings. The molecule has 2 N–H and O–H groups in total. The third-order valence-electron chi connectivity index (χ3n) is 2.12. The summed E-state index contributed by atoms with van der Waals surface area (Å²) >= 11 is 8.02. The Labute approximate surface area is 117 Å². The Hall–Kier alpha value is -1.53. The van der Waals surface area contributed by atoms with Crippen LogP contribution >= 0.6 is 28.1 Å². The zero-order chi connectivity index (χ0) is 13.1. The zero-order valence-corrected chi connectivity index (χ0v) is 11.5. The average Bonchev–Trinajstić information content (AvgIpc) is 2.31. The van der Waals surface area contributed by atoms with E-state index in [2.05, 4.69) is 20.9 Å². The van der Waals surface area contributed by atoms with E-state index in [4.69, 9.17) is 22.7 Å². The number of hydrogen-bond donors (Lipinski definition) is 1. The van der Waals surface area contributed by atoms with Crippen LogP contribution < -0.4 is 10.5 Å². The predicted molar refractivity (Wildman–Crippen MR) is 74.3 cm³/mol. The van der Waals surface area contributed by atoms with E-state index in [0.29, 0.717) is 11.3 Å². The van der Waals surface area contributed by atoms with Crippen LogP contribution in [-0.2, 0) is 0 Å². The van der Waals surface area contributed by atoms with Gasteiger partial charge in [0.2, 0.25) is 0 Å². The van der Waals surface area contributed by atoms with Crippen molar-refractivity contribution in [1.82, 2.24) is 4.98 Å². The van der Waals surface area contributed by atoms with Crippen LogP contribution in [0.4, 0.5) is 4.39 Å². The molecule has 0 aliphatic heterocycles. The molecule has 0 radical (unpaired) electrons. The summed E-state index contributed by atoms with van der Waals surface area (Å²) in [6.07, 6.45) is 3.10. The Balaban J connectivity index is 2.27. The minimum absolute atomic E-state index is 0.0925. The Bertz CT molecular complexity index is 606. The highest BCUT2D eigenvalue weighted by Gasteiger charge is 2.07. The molecule has 0 spiro atoms. The molecule has 3 nitrogen and oxygen atoms in total. The molecular weight excluding hydrogens is 319 g/mol. The fourth-order valence-corrected chi connectivity index (χ4v) is 1.78. The normalized spacial score (nSPS) is 10.1. The van der Waals surface area contributed by atoms with Gasteiger partial charge in [-0.1, -0.05) is 12.2 Å². The van der Waals surface area contributed by atoms with E-state index in [1.54, 1.807) is 18.3 Å². The van der Waals surface area contributed by atoms with Crippen LogP contribution in [0, 0.1) is 5.82 Å². The lowest BCUT2D eigenvalue weighted by Gasteiger charge is -2.07. The van der Waals surface area contributed by atoms with Crippen LogP contribution in [0.1, 0.15) is 5.56 Å². The van der Waals surface area contributed by atoms with Gasteiger partial charge in [0.05, 0.1) is 6.20 Å². The van der Waals surface area contributed by atoms with E-state index >= 15 is 0 Å². The number of thiocarbonyl (C=S) groups is 1. The molecule has 92 valence electrons. The average molecular weight is 327 g/mol. The molecule has 0 aliphatic carbocycles. The summed E-state index contributed by atoms with van der Waals surface area (Å²) in [5.41, 5.74) is 5.87. The van der Waals surface area contributed by atoms with Crippen molar-refractivity contribution in [2.45, 2.75) is 0 Å². The number of halogens is 2. The SMILES string of the molecule is NC(=S)c1ccc(Oc2cncc(Br)c2)c(F)c1. The number of nitrogens with two attached hydrogens (primary N) is 1. The van der Waals surface area contributed by atoms with Gasteiger partial charge in [0.25, 0.3) is 0 Å². The number of aromatic nitrogens is 1. The van der Waals surface area contributed by atoms with Gasteiger partial charge in [-0.15, -0.1) is 0 Å². The smallest absolute Gasteiger partial charge is 0.166 e. The van der Waals surface area contributed by atoms with Gasteiger partial charge in [0.1, 0.15) is 10.7 Å². The predicted octanol–water partition coefficient (Wildman–Crippen LogP) is 3.41. The number of pyridine rings is 1. The molecule has 1 aromatic heterocycles. The first-order valence-corrected chi connectivity index (χ1v) is 6.14. The highest BCUT2D eigenvalue weighted by molar-refractivity contribution is 9.10. The fourth-order valence-electron chi connectivity index (χ4n) is 1.31. The zero-order valence-electron chi connectivity index (χ0n) is 9.06. The van der Waals surface area contributed by atoms with Gasteiger partial charge in [0.15, 0.2) is 11.6 Å². The molecule has 2 rings (SSSR count). The lowest BCUT2D eigenvalue weighted by Crippen LogP contribution is -2.09. The monoisotopic (exact) mass is 326 g/mol. The van der Waals surface area contributed by atoms with Crippen molar-refractivity contribution in [3.05, 3.63) is 52.5 Å². The molecule has 18 heavy (non-hydrogen) atoms. The third-order valence-corrected chi connectivity index (χ3v) is 2.79. The van der Waals surface area contributed by atoms with E-state index in [0.717, 1.165) is 4.47 Å². The molecule has 0 saturated carbocycles. The molecule has 0 fully saturated rings. The molecule has 0 atom stereocenters. The van der Waals surface area contributed by atoms with E-state index in [9.17, 15) is 4.39 Å². The van der Waals surface area contributed by atoms with Crippen molar-refractivity contribution in [3.8, 4) is 11.5 Å². The second-order valence-corrected chi connectivity index (χ2v) is 4.81. The Morgan fingerprint density at radius 2 is 2.11 bits per heavy atom. The van der Waals surface area contributed by atoms with Gasteiger partial charge in [-0.05, 0) is 40.2 Å². The molecule has 0 unspecified atom stereocenters. The van der Waals surface area contributed by atoms with E-state index in [1.807, 2.05) is 0 Å². The minimum atomic E-state index is -0.528. The second kappa shape index (κ2) is 5.41. The van der Waals surface area contributed by atoms with Crippen LogP contribution in [0.3, 0.4) is 0 Å². The molecular formula is C12H8BrFN2OS. The number of hydrogen-bond acceptors (Lipinski definition) is 3. The summed E-state index contributed by atoms with van der Waals surface area (Å²) in [6.45, 7) is 0. The van der Waals surface area contributed by atoms with Crippen LogP contribution in [0.2, 0.25) is 0 Å². The van der Waals surface area contributed by atoms with Crippen LogP contribution in [-0.4, -0.2) is 9.97 Å². The maximum Gasteiger partial charge on any atom is 0.166 e. The van der Waals surface area contributed by atoms with Crippen molar-refractivity contribution < 1.29 is 9.13 Å². The van der Waals surface area contributed by atoms with Crippen LogP contribution in [0.5, 0.6) is 11.5 Å². The summed E-state index contributed by atoms with van der Waals surface area (Å²) in [7, 11) is 0. The third kappa shape index (κ3) is 3.02. The van der Waals surface area contributed by atoms with Gasteiger partial charge in [0, 0.05) is 16.2 Å². The highest BCUT2D eigenvalue weighted by Crippen LogP contribution is 2.26. The van der Waals surface area contributed by atoms with Crippen molar-refractivity contribution in [2.24, 2.45) is 5.73 Å². The summed E-state index contributed by atoms with van der Waals surface area (Å²) in [5.74, 6) is 0.00141. The van der Waals surface area contributed by atoms with Crippen molar-refractivity contribution in [2.75, 3.05) is 0 Å². The lowest BCUT2D eigenvalue weighted by molar-refractivity contribution is 0.440. The van der Waals surface area contributed by atoms with Gasteiger partial charge in [-0.2, -0.15) is 0 Å². The maximum atomic E-state index is 13.7. The van der Waals surface area contributed by atoms with E-state index < -0.39 is 5.82 Å². The quantitative estimate of drug-likeness (QED) is 0.878. The first-order valence-electron chi connectivity index (χ1n) is 4.94. The molecule has 1 heterocycles. The molecule has 0 bridgehead atoms. The Kier molecular flexibility index (Phi) is 3.88. The van der Waals surface area contributed by atoms with E-state index in [1.165, 1.54) is 18.3 Å². The number of ether oxygens (including phenoxy) is 1. The summed E-state index contributed by atoms with van der Waals surface area (Å²) in [5, 5.41) is 0. The van der Waals surface area contributed by atoms with Gasteiger partial charge < -0.3 is 10.5 Å². The summed E-state index contributed by atoms with van der Waals surface area (Å²) < 4.78 is 19.8. The summed E-state index contributed by atoms with van der Waals surface area (Å²) in [4.78, 5) is 4.06. The van der Waals surface area contributed by atoms with Crippen molar-refractivity contribution in [3.63, 3.8) is 0 Å². The van der Waals surface area contributed by atoms with Crippen molar-refractivity contribution >= 4 is 33.1 Å². The standard InChI is InChI=1S/C12H8BrFN2OS/c13-8-4-9(6-16-5-8)17-11-2-1-7(12(15)18)3-10(11)14/h1-6H,(H2,15,18). The van der Waals surface area contributed by atoms with Crippen LogP contribution in [0.25, 0.3) is 0 Å². The van der Waals surface area contributed by atoms with Crippen molar-refractivity contribution in [1.29, 1.82) is 0 Å². The molecule has 0 amide bonds. The lowest BCUT2D eigenvalue weighted by atomic mass is 10.2. The molecule has 2 aromatic rings. The fraction of sp³-hybridized carbons (Fsp3) is 0. The highest BCUT2D eigenvalue weighted by atomic mass is 79.9. The topological polar surface area (TPSA) is 48.1 Å². The Morgan fingerprint density at radius 3 is 2.72 bits per heavy atom. The molecule has 1 aromatic carbocycles.